The van der Waals surface area contributed by atoms with E-state index in [1.165, 1.54) is 12.0 Å². The van der Waals surface area contributed by atoms with Crippen molar-refractivity contribution in [2.75, 3.05) is 5.32 Å². The Morgan fingerprint density at radius 2 is 1.70 bits per heavy atom. The number of rotatable bonds is 5. The number of benzene rings is 2. The van der Waals surface area contributed by atoms with Gasteiger partial charge in [-0.2, -0.15) is 0 Å². The first-order valence-corrected chi connectivity index (χ1v) is 9.95. The molecule has 0 saturated heterocycles. The number of para-hydroxylation sites is 1. The molecule has 3 heteroatoms. The summed E-state index contributed by atoms with van der Waals surface area (Å²) >= 11 is 0. The Morgan fingerprint density at radius 1 is 0.963 bits per heavy atom. The topological polar surface area (TPSA) is 42.0 Å². The van der Waals surface area contributed by atoms with Crippen molar-refractivity contribution in [3.63, 3.8) is 0 Å². The molecule has 1 aliphatic rings. The Bertz CT molecular complexity index is 914. The summed E-state index contributed by atoms with van der Waals surface area (Å²) in [6.07, 6.45) is 9.09. The van der Waals surface area contributed by atoms with Crippen LogP contribution in [0.25, 0.3) is 10.9 Å². The highest BCUT2D eigenvalue weighted by Gasteiger charge is 2.39. The van der Waals surface area contributed by atoms with Gasteiger partial charge in [0.2, 0.25) is 5.91 Å². The first-order chi connectivity index (χ1) is 13.3. The van der Waals surface area contributed by atoms with Crippen molar-refractivity contribution in [3.8, 4) is 0 Å². The van der Waals surface area contributed by atoms with Gasteiger partial charge in [-0.05, 0) is 43.4 Å². The summed E-state index contributed by atoms with van der Waals surface area (Å²) in [6, 6.07) is 20.5. The Hall–Kier alpha value is -2.68. The molecule has 1 aliphatic carbocycles. The second-order valence-electron chi connectivity index (χ2n) is 7.70. The predicted molar refractivity (Wildman–Crippen MR) is 111 cm³/mol. The van der Waals surface area contributed by atoms with Gasteiger partial charge in [-0.15, -0.1) is 0 Å². The quantitative estimate of drug-likeness (QED) is 0.630. The first kappa shape index (κ1) is 17.7. The maximum Gasteiger partial charge on any atom is 0.230 e. The van der Waals surface area contributed by atoms with Crippen molar-refractivity contribution in [3.05, 3.63) is 72.4 Å². The summed E-state index contributed by atoms with van der Waals surface area (Å²) in [5.74, 6) is 0.162. The second-order valence-corrected chi connectivity index (χ2v) is 7.70. The van der Waals surface area contributed by atoms with Crippen LogP contribution in [0.1, 0.15) is 44.1 Å². The average Bonchev–Trinajstić information content (AvgIpc) is 2.73. The van der Waals surface area contributed by atoms with E-state index in [4.69, 9.17) is 0 Å². The number of carbonyl (C=O) groups is 1. The van der Waals surface area contributed by atoms with Gasteiger partial charge >= 0.3 is 0 Å². The highest BCUT2D eigenvalue weighted by molar-refractivity contribution is 5.96. The molecular formula is C24H26N2O. The smallest absolute Gasteiger partial charge is 0.230 e. The molecule has 3 aromatic rings. The molecule has 1 fully saturated rings. The van der Waals surface area contributed by atoms with E-state index in [0.29, 0.717) is 0 Å². The molecule has 0 atom stereocenters. The molecule has 0 radical (unpaired) electrons. The lowest BCUT2D eigenvalue weighted by molar-refractivity contribution is -0.127. The van der Waals surface area contributed by atoms with Gasteiger partial charge < -0.3 is 5.32 Å². The normalized spacial score (nSPS) is 16.1. The zero-order valence-electron chi connectivity index (χ0n) is 15.7. The van der Waals surface area contributed by atoms with Crippen LogP contribution in [0.2, 0.25) is 0 Å². The van der Waals surface area contributed by atoms with Crippen molar-refractivity contribution < 1.29 is 4.79 Å². The SMILES string of the molecule is O=C(Nc1cnc2ccccc2c1)C1(CCc2ccccc2)CCCCC1. The lowest BCUT2D eigenvalue weighted by Gasteiger charge is -2.36. The predicted octanol–water partition coefficient (Wildman–Crippen LogP) is 5.76. The fourth-order valence-electron chi connectivity index (χ4n) is 4.25. The third-order valence-electron chi connectivity index (χ3n) is 5.88. The lowest BCUT2D eigenvalue weighted by atomic mass is 9.70. The molecule has 138 valence electrons. The van der Waals surface area contributed by atoms with E-state index in [9.17, 15) is 4.79 Å². The van der Waals surface area contributed by atoms with E-state index >= 15 is 0 Å². The monoisotopic (exact) mass is 358 g/mol. The third kappa shape index (κ3) is 4.02. The van der Waals surface area contributed by atoms with Crippen molar-refractivity contribution in [1.29, 1.82) is 0 Å². The number of pyridine rings is 1. The minimum absolute atomic E-state index is 0.162. The molecule has 1 heterocycles. The summed E-state index contributed by atoms with van der Waals surface area (Å²) in [7, 11) is 0. The molecule has 4 rings (SSSR count). The van der Waals surface area contributed by atoms with E-state index in [2.05, 4.69) is 34.6 Å². The summed E-state index contributed by atoms with van der Waals surface area (Å²) in [5.41, 5.74) is 2.79. The highest BCUT2D eigenvalue weighted by atomic mass is 16.2. The van der Waals surface area contributed by atoms with Gasteiger partial charge in [0, 0.05) is 10.8 Å². The van der Waals surface area contributed by atoms with Gasteiger partial charge in [0.05, 0.1) is 17.4 Å². The minimum atomic E-state index is -0.264. The maximum atomic E-state index is 13.3. The van der Waals surface area contributed by atoms with Crippen LogP contribution < -0.4 is 5.32 Å². The highest BCUT2D eigenvalue weighted by Crippen LogP contribution is 2.41. The maximum absolute atomic E-state index is 13.3. The van der Waals surface area contributed by atoms with E-state index in [0.717, 1.165) is 55.1 Å². The van der Waals surface area contributed by atoms with E-state index in [-0.39, 0.29) is 11.3 Å². The molecule has 0 bridgehead atoms. The fourth-order valence-corrected chi connectivity index (χ4v) is 4.25. The van der Waals surface area contributed by atoms with Crippen LogP contribution in [0.15, 0.2) is 66.9 Å². The minimum Gasteiger partial charge on any atom is -0.324 e. The number of anilines is 1. The Morgan fingerprint density at radius 3 is 2.52 bits per heavy atom. The van der Waals surface area contributed by atoms with Gasteiger partial charge in [-0.3, -0.25) is 9.78 Å². The van der Waals surface area contributed by atoms with E-state index < -0.39 is 0 Å². The molecule has 0 aliphatic heterocycles. The third-order valence-corrected chi connectivity index (χ3v) is 5.88. The number of hydrogen-bond acceptors (Lipinski definition) is 2. The standard InChI is InChI=1S/C24H26N2O/c27-23(26-21-17-20-11-5-6-12-22(20)25-18-21)24(14-7-2-8-15-24)16-13-19-9-3-1-4-10-19/h1,3-6,9-12,17-18H,2,7-8,13-16H2,(H,26,27). The van der Waals surface area contributed by atoms with Crippen LogP contribution in [0, 0.1) is 5.41 Å². The van der Waals surface area contributed by atoms with Crippen molar-refractivity contribution >= 4 is 22.5 Å². The first-order valence-electron chi connectivity index (χ1n) is 9.95. The molecular weight excluding hydrogens is 332 g/mol. The molecule has 1 aromatic heterocycles. The molecule has 27 heavy (non-hydrogen) atoms. The van der Waals surface area contributed by atoms with Crippen LogP contribution in [0.4, 0.5) is 5.69 Å². The van der Waals surface area contributed by atoms with Crippen LogP contribution in [0.3, 0.4) is 0 Å². The van der Waals surface area contributed by atoms with E-state index in [1.54, 1.807) is 6.20 Å². The zero-order chi connectivity index (χ0) is 18.5. The van der Waals surface area contributed by atoms with Crippen molar-refractivity contribution in [2.45, 2.75) is 44.9 Å². The van der Waals surface area contributed by atoms with Gasteiger partial charge in [-0.1, -0.05) is 67.8 Å². The molecule has 0 spiro atoms. The molecule has 1 saturated carbocycles. The molecule has 2 aromatic carbocycles. The van der Waals surface area contributed by atoms with Crippen LogP contribution in [-0.2, 0) is 11.2 Å². The zero-order valence-corrected chi connectivity index (χ0v) is 15.7. The Kier molecular flexibility index (Phi) is 5.19. The van der Waals surface area contributed by atoms with Crippen molar-refractivity contribution in [2.24, 2.45) is 5.41 Å². The van der Waals surface area contributed by atoms with Gasteiger partial charge in [-0.25, -0.2) is 0 Å². The molecule has 1 amide bonds. The number of aryl methyl sites for hydroxylation is 1. The van der Waals surface area contributed by atoms with Gasteiger partial charge in [0.25, 0.3) is 0 Å². The van der Waals surface area contributed by atoms with E-state index in [1.807, 2.05) is 36.4 Å². The Balaban J connectivity index is 1.52. The fraction of sp³-hybridized carbons (Fsp3) is 0.333. The average molecular weight is 358 g/mol. The molecule has 1 N–H and O–H groups in total. The van der Waals surface area contributed by atoms with Gasteiger partial charge in [0.15, 0.2) is 0 Å². The Labute approximate surface area is 160 Å². The van der Waals surface area contributed by atoms with Crippen molar-refractivity contribution in [1.82, 2.24) is 4.98 Å². The van der Waals surface area contributed by atoms with Gasteiger partial charge in [0.1, 0.15) is 0 Å². The summed E-state index contributed by atoms with van der Waals surface area (Å²) in [6.45, 7) is 0. The lowest BCUT2D eigenvalue weighted by Crippen LogP contribution is -2.38. The number of hydrogen-bond donors (Lipinski definition) is 1. The summed E-state index contributed by atoms with van der Waals surface area (Å²) in [5, 5.41) is 4.23. The number of carbonyl (C=O) groups excluding carboxylic acids is 1. The largest absolute Gasteiger partial charge is 0.324 e. The number of fused-ring (bicyclic) bond motifs is 1. The summed E-state index contributed by atoms with van der Waals surface area (Å²) < 4.78 is 0. The second kappa shape index (κ2) is 7.91. The number of nitrogens with one attached hydrogen (secondary N) is 1. The molecule has 0 unspecified atom stereocenters. The number of amides is 1. The van der Waals surface area contributed by atoms with Crippen LogP contribution in [-0.4, -0.2) is 10.9 Å². The number of aromatic nitrogens is 1. The summed E-state index contributed by atoms with van der Waals surface area (Å²) in [4.78, 5) is 17.8. The van der Waals surface area contributed by atoms with Crippen LogP contribution in [0.5, 0.6) is 0 Å². The van der Waals surface area contributed by atoms with Crippen LogP contribution >= 0.6 is 0 Å². The number of nitrogens with zero attached hydrogens (tertiary/aromatic N) is 1. The molecule has 3 nitrogen and oxygen atoms in total.